The molecule has 1 fully saturated rings. The second-order valence-corrected chi connectivity index (χ2v) is 7.70. The molecule has 1 atom stereocenters. The van der Waals surface area contributed by atoms with Gasteiger partial charge in [-0.2, -0.15) is 0 Å². The van der Waals surface area contributed by atoms with Crippen LogP contribution in [0.2, 0.25) is 0 Å². The fourth-order valence-electron chi connectivity index (χ4n) is 3.90. The Bertz CT molecular complexity index is 666. The van der Waals surface area contributed by atoms with Crippen LogP contribution in [-0.2, 0) is 16.0 Å². The van der Waals surface area contributed by atoms with Gasteiger partial charge in [-0.15, -0.1) is 0 Å². The first kappa shape index (κ1) is 17.7. The first-order valence-corrected chi connectivity index (χ1v) is 9.09. The van der Waals surface area contributed by atoms with Gasteiger partial charge in [0.15, 0.2) is 0 Å². The van der Waals surface area contributed by atoms with Gasteiger partial charge in [-0.05, 0) is 49.8 Å². The number of carbonyl (C=O) groups excluding carboxylic acids is 1. The van der Waals surface area contributed by atoms with E-state index in [0.717, 1.165) is 47.9 Å². The second kappa shape index (κ2) is 7.04. The summed E-state index contributed by atoms with van der Waals surface area (Å²) in [6.45, 7) is -0.389. The Morgan fingerprint density at radius 1 is 1.50 bits per heavy atom. The van der Waals surface area contributed by atoms with E-state index < -0.39 is 11.9 Å². The molecule has 0 bridgehead atoms. The number of nitrogens with two attached hydrogens (primary N) is 1. The fraction of sp³-hybridized carbons (Fsp3) is 0.556. The minimum atomic E-state index is -0.957. The zero-order chi connectivity index (χ0) is 17.3. The second-order valence-electron chi connectivity index (χ2n) is 6.78. The normalized spacial score (nSPS) is 29.0. The van der Waals surface area contributed by atoms with Crippen molar-refractivity contribution in [3.8, 4) is 0 Å². The van der Waals surface area contributed by atoms with Crippen LogP contribution in [0.15, 0.2) is 27.7 Å². The topological polar surface area (TPSA) is 84.9 Å². The van der Waals surface area contributed by atoms with Gasteiger partial charge < -0.3 is 15.6 Å². The Morgan fingerprint density at radius 2 is 2.21 bits per heavy atom. The number of amides is 1. The summed E-state index contributed by atoms with van der Waals surface area (Å²) in [4.78, 5) is 16.7. The van der Waals surface area contributed by atoms with Gasteiger partial charge in [-0.3, -0.25) is 4.79 Å². The molecule has 3 rings (SSSR count). The van der Waals surface area contributed by atoms with E-state index in [4.69, 9.17) is 15.6 Å². The number of aliphatic hydroxyl groups is 1. The Hall–Kier alpha value is -1.08. The molecule has 130 valence electrons. The molecule has 1 aromatic rings. The molecule has 1 spiro atoms. The SMILES string of the molecule is COC1CCC2(CC1)Cc1ccc(Br)cc1C2=NC(=O)[C@@H](N)CO. The lowest BCUT2D eigenvalue weighted by molar-refractivity contribution is -0.119. The van der Waals surface area contributed by atoms with Crippen LogP contribution in [0, 0.1) is 5.41 Å². The molecule has 1 aromatic carbocycles. The number of fused-ring (bicyclic) bond motifs is 1. The summed E-state index contributed by atoms with van der Waals surface area (Å²) in [5.41, 5.74) is 8.63. The van der Waals surface area contributed by atoms with Gasteiger partial charge >= 0.3 is 0 Å². The lowest BCUT2D eigenvalue weighted by Gasteiger charge is -2.37. The number of aliphatic hydroxyl groups excluding tert-OH is 1. The zero-order valence-corrected chi connectivity index (χ0v) is 15.4. The molecule has 3 N–H and O–H groups in total. The Labute approximate surface area is 150 Å². The molecular weight excluding hydrogens is 372 g/mol. The predicted octanol–water partition coefficient (Wildman–Crippen LogP) is 2.22. The summed E-state index contributed by atoms with van der Waals surface area (Å²) in [6, 6.07) is 5.20. The highest BCUT2D eigenvalue weighted by Gasteiger charge is 2.46. The van der Waals surface area contributed by atoms with E-state index in [-0.39, 0.29) is 18.1 Å². The molecule has 0 aliphatic heterocycles. The number of carbonyl (C=O) groups is 1. The number of nitrogens with zero attached hydrogens (tertiary/aromatic N) is 1. The van der Waals surface area contributed by atoms with Crippen molar-refractivity contribution in [3.05, 3.63) is 33.8 Å². The number of hydrogen-bond acceptors (Lipinski definition) is 4. The van der Waals surface area contributed by atoms with Crippen LogP contribution in [0.5, 0.6) is 0 Å². The van der Waals surface area contributed by atoms with Crippen molar-refractivity contribution in [1.82, 2.24) is 0 Å². The molecule has 0 aromatic heterocycles. The number of rotatable bonds is 3. The van der Waals surface area contributed by atoms with Gasteiger partial charge in [0.05, 0.1) is 18.4 Å². The van der Waals surface area contributed by atoms with Crippen molar-refractivity contribution >= 4 is 27.5 Å². The van der Waals surface area contributed by atoms with Crippen molar-refractivity contribution in [2.75, 3.05) is 13.7 Å². The molecule has 1 saturated carbocycles. The van der Waals surface area contributed by atoms with E-state index >= 15 is 0 Å². The predicted molar refractivity (Wildman–Crippen MR) is 96.1 cm³/mol. The summed E-state index contributed by atoms with van der Waals surface area (Å²) in [7, 11) is 1.75. The van der Waals surface area contributed by atoms with E-state index in [2.05, 4.69) is 27.0 Å². The minimum absolute atomic E-state index is 0.122. The molecule has 2 aliphatic rings. The van der Waals surface area contributed by atoms with Crippen LogP contribution < -0.4 is 5.73 Å². The fourth-order valence-corrected chi connectivity index (χ4v) is 4.26. The standard InChI is InChI=1S/C18H23BrN2O3/c1-24-13-4-6-18(7-5-13)9-11-2-3-12(19)8-14(11)16(18)21-17(23)15(20)10-22/h2-3,8,13,15,22H,4-7,9-10,20H2,1H3/t13?,15-,18?/m0/s1. The van der Waals surface area contributed by atoms with E-state index in [1.807, 2.05) is 12.1 Å². The van der Waals surface area contributed by atoms with Crippen molar-refractivity contribution < 1.29 is 14.6 Å². The smallest absolute Gasteiger partial charge is 0.265 e. The highest BCUT2D eigenvalue weighted by molar-refractivity contribution is 9.10. The average Bonchev–Trinajstić information content (AvgIpc) is 2.88. The summed E-state index contributed by atoms with van der Waals surface area (Å²) < 4.78 is 6.46. The molecular formula is C18H23BrN2O3. The third-order valence-electron chi connectivity index (χ3n) is 5.32. The van der Waals surface area contributed by atoms with Crippen LogP contribution in [0.3, 0.4) is 0 Å². The van der Waals surface area contributed by atoms with E-state index in [1.54, 1.807) is 7.11 Å². The summed E-state index contributed by atoms with van der Waals surface area (Å²) in [5, 5.41) is 9.15. The third kappa shape index (κ3) is 3.20. The van der Waals surface area contributed by atoms with Gasteiger partial charge in [0.25, 0.3) is 5.91 Å². The van der Waals surface area contributed by atoms with Crippen molar-refractivity contribution in [1.29, 1.82) is 0 Å². The molecule has 24 heavy (non-hydrogen) atoms. The van der Waals surface area contributed by atoms with Crippen LogP contribution >= 0.6 is 15.9 Å². The summed E-state index contributed by atoms with van der Waals surface area (Å²) in [6.07, 6.45) is 4.99. The molecule has 5 nitrogen and oxygen atoms in total. The van der Waals surface area contributed by atoms with E-state index in [1.165, 1.54) is 5.56 Å². The van der Waals surface area contributed by atoms with E-state index in [9.17, 15) is 4.79 Å². The number of halogens is 1. The lowest BCUT2D eigenvalue weighted by atomic mass is 9.70. The Morgan fingerprint density at radius 3 is 2.83 bits per heavy atom. The van der Waals surface area contributed by atoms with Gasteiger partial charge in [0.2, 0.25) is 0 Å². The Balaban J connectivity index is 2.00. The quantitative estimate of drug-likeness (QED) is 0.822. The van der Waals surface area contributed by atoms with Gasteiger partial charge in [-0.1, -0.05) is 22.0 Å². The highest BCUT2D eigenvalue weighted by Crippen LogP contribution is 2.48. The monoisotopic (exact) mass is 394 g/mol. The maximum atomic E-state index is 12.3. The van der Waals surface area contributed by atoms with E-state index in [0.29, 0.717) is 0 Å². The van der Waals surface area contributed by atoms with Gasteiger partial charge in [-0.25, -0.2) is 4.99 Å². The molecule has 6 heteroatoms. The van der Waals surface area contributed by atoms with Gasteiger partial charge in [0.1, 0.15) is 6.04 Å². The maximum Gasteiger partial charge on any atom is 0.265 e. The molecule has 0 unspecified atom stereocenters. The molecule has 1 amide bonds. The highest BCUT2D eigenvalue weighted by atomic mass is 79.9. The number of hydrogen-bond donors (Lipinski definition) is 2. The summed E-state index contributed by atoms with van der Waals surface area (Å²) >= 11 is 3.51. The minimum Gasteiger partial charge on any atom is -0.394 e. The number of benzene rings is 1. The van der Waals surface area contributed by atoms with Crippen molar-refractivity contribution in [2.24, 2.45) is 16.1 Å². The summed E-state index contributed by atoms with van der Waals surface area (Å²) in [5.74, 6) is -0.450. The van der Waals surface area contributed by atoms with Crippen LogP contribution in [-0.4, -0.2) is 42.6 Å². The molecule has 0 heterocycles. The molecule has 2 aliphatic carbocycles. The first-order valence-electron chi connectivity index (χ1n) is 8.30. The van der Waals surface area contributed by atoms with Crippen molar-refractivity contribution in [3.63, 3.8) is 0 Å². The number of aliphatic imine (C=N–C) groups is 1. The maximum absolute atomic E-state index is 12.3. The Kier molecular flexibility index (Phi) is 5.20. The molecule has 0 radical (unpaired) electrons. The largest absolute Gasteiger partial charge is 0.394 e. The van der Waals surface area contributed by atoms with Crippen molar-refractivity contribution in [2.45, 2.75) is 44.2 Å². The van der Waals surface area contributed by atoms with Crippen LogP contribution in [0.4, 0.5) is 0 Å². The first-order chi connectivity index (χ1) is 11.5. The number of ether oxygens (including phenoxy) is 1. The average molecular weight is 395 g/mol. The lowest BCUT2D eigenvalue weighted by Crippen LogP contribution is -2.38. The zero-order valence-electron chi connectivity index (χ0n) is 13.8. The van der Waals surface area contributed by atoms with Crippen LogP contribution in [0.25, 0.3) is 0 Å². The molecule has 0 saturated heterocycles. The van der Waals surface area contributed by atoms with Crippen LogP contribution in [0.1, 0.15) is 36.8 Å². The third-order valence-corrected chi connectivity index (χ3v) is 5.81. The number of methoxy groups -OCH3 is 1. The van der Waals surface area contributed by atoms with Gasteiger partial charge in [0, 0.05) is 22.6 Å².